The molecule has 92 valence electrons. The number of carboxylic acid groups (broad SMARTS) is 1. The van der Waals surface area contributed by atoms with E-state index < -0.39 is 5.97 Å². The largest absolute Gasteiger partial charge is 0.480 e. The lowest BCUT2D eigenvalue weighted by Gasteiger charge is -2.11. The van der Waals surface area contributed by atoms with Gasteiger partial charge in [-0.2, -0.15) is 0 Å². The molecule has 0 saturated heterocycles. The van der Waals surface area contributed by atoms with Crippen molar-refractivity contribution in [3.8, 4) is 0 Å². The molecule has 5 heteroatoms. The summed E-state index contributed by atoms with van der Waals surface area (Å²) in [4.78, 5) is 22.5. The van der Waals surface area contributed by atoms with E-state index in [0.29, 0.717) is 12.2 Å². The summed E-state index contributed by atoms with van der Waals surface area (Å²) >= 11 is 0. The van der Waals surface area contributed by atoms with E-state index in [1.165, 1.54) is 4.57 Å². The Morgan fingerprint density at radius 2 is 2.24 bits per heavy atom. The predicted molar refractivity (Wildman–Crippen MR) is 61.7 cm³/mol. The first kappa shape index (κ1) is 11.7. The molecule has 1 aliphatic carbocycles. The summed E-state index contributed by atoms with van der Waals surface area (Å²) in [5, 5.41) is 11.6. The Labute approximate surface area is 99.4 Å². The van der Waals surface area contributed by atoms with Crippen LogP contribution in [0.5, 0.6) is 0 Å². The Kier molecular flexibility index (Phi) is 2.92. The zero-order chi connectivity index (χ0) is 12.5. The van der Waals surface area contributed by atoms with Crippen LogP contribution in [0.2, 0.25) is 0 Å². The third-order valence-electron chi connectivity index (χ3n) is 3.15. The number of rotatable bonds is 5. The normalized spacial score (nSPS) is 16.5. The van der Waals surface area contributed by atoms with Crippen molar-refractivity contribution in [2.24, 2.45) is 5.41 Å². The van der Waals surface area contributed by atoms with E-state index >= 15 is 0 Å². The Bertz CT molecular complexity index is 446. The van der Waals surface area contributed by atoms with Gasteiger partial charge in [0.25, 0.3) is 5.91 Å². The van der Waals surface area contributed by atoms with E-state index in [1.54, 1.807) is 18.3 Å². The summed E-state index contributed by atoms with van der Waals surface area (Å²) in [6.45, 7) is 2.60. The number of aromatic nitrogens is 1. The lowest BCUT2D eigenvalue weighted by molar-refractivity contribution is -0.137. The third-order valence-corrected chi connectivity index (χ3v) is 3.15. The summed E-state index contributed by atoms with van der Waals surface area (Å²) < 4.78 is 1.44. The lowest BCUT2D eigenvalue weighted by atomic mass is 10.1. The van der Waals surface area contributed by atoms with E-state index in [1.807, 2.05) is 0 Å². The molecular formula is C12H16N2O3. The summed E-state index contributed by atoms with van der Waals surface area (Å²) in [6.07, 6.45) is 3.88. The molecule has 2 rings (SSSR count). The Balaban J connectivity index is 1.98. The van der Waals surface area contributed by atoms with Gasteiger partial charge in [0.05, 0.1) is 0 Å². The molecule has 0 unspecified atom stereocenters. The standard InChI is InChI=1S/C12H16N2O3/c1-12(4-5-12)8-13-11(17)9-3-2-6-14(9)7-10(15)16/h2-3,6H,4-5,7-8H2,1H3,(H,13,17)(H,15,16). The van der Waals surface area contributed by atoms with Gasteiger partial charge in [-0.05, 0) is 30.4 Å². The van der Waals surface area contributed by atoms with Gasteiger partial charge in [-0.1, -0.05) is 6.92 Å². The second-order valence-corrected chi connectivity index (χ2v) is 4.91. The van der Waals surface area contributed by atoms with Crippen molar-refractivity contribution in [1.29, 1.82) is 0 Å². The average Bonchev–Trinajstić information content (AvgIpc) is 2.81. The number of carbonyl (C=O) groups is 2. The first-order valence-corrected chi connectivity index (χ1v) is 5.65. The van der Waals surface area contributed by atoms with Gasteiger partial charge in [-0.25, -0.2) is 0 Å². The van der Waals surface area contributed by atoms with E-state index in [0.717, 1.165) is 12.8 Å². The first-order chi connectivity index (χ1) is 8.00. The minimum Gasteiger partial charge on any atom is -0.480 e. The molecule has 1 aromatic heterocycles. The molecule has 0 bridgehead atoms. The molecule has 1 fully saturated rings. The summed E-state index contributed by atoms with van der Waals surface area (Å²) in [6, 6.07) is 3.31. The molecule has 1 amide bonds. The van der Waals surface area contributed by atoms with Crippen molar-refractivity contribution < 1.29 is 14.7 Å². The van der Waals surface area contributed by atoms with Crippen molar-refractivity contribution in [3.05, 3.63) is 24.0 Å². The molecule has 0 aromatic carbocycles. The number of hydrogen-bond acceptors (Lipinski definition) is 2. The molecule has 1 saturated carbocycles. The smallest absolute Gasteiger partial charge is 0.323 e. The predicted octanol–water partition coefficient (Wildman–Crippen LogP) is 1.10. The van der Waals surface area contributed by atoms with Gasteiger partial charge in [-0.3, -0.25) is 9.59 Å². The highest BCUT2D eigenvalue weighted by molar-refractivity contribution is 5.93. The van der Waals surface area contributed by atoms with Crippen molar-refractivity contribution in [1.82, 2.24) is 9.88 Å². The second kappa shape index (κ2) is 4.24. The molecule has 17 heavy (non-hydrogen) atoms. The highest BCUT2D eigenvalue weighted by Crippen LogP contribution is 2.44. The van der Waals surface area contributed by atoms with Crippen LogP contribution in [-0.2, 0) is 11.3 Å². The Morgan fingerprint density at radius 1 is 1.53 bits per heavy atom. The fourth-order valence-corrected chi connectivity index (χ4v) is 1.68. The minimum absolute atomic E-state index is 0.187. The monoisotopic (exact) mass is 236 g/mol. The molecule has 0 radical (unpaired) electrons. The van der Waals surface area contributed by atoms with Crippen LogP contribution in [0.15, 0.2) is 18.3 Å². The van der Waals surface area contributed by atoms with Crippen LogP contribution in [0.25, 0.3) is 0 Å². The second-order valence-electron chi connectivity index (χ2n) is 4.91. The number of carbonyl (C=O) groups excluding carboxylic acids is 1. The van der Waals surface area contributed by atoms with Crippen LogP contribution in [0.4, 0.5) is 0 Å². The van der Waals surface area contributed by atoms with Crippen molar-refractivity contribution in [2.75, 3.05) is 6.54 Å². The van der Waals surface area contributed by atoms with Crippen LogP contribution in [0, 0.1) is 5.41 Å². The summed E-state index contributed by atoms with van der Waals surface area (Å²) in [5.74, 6) is -1.16. The summed E-state index contributed by atoms with van der Waals surface area (Å²) in [7, 11) is 0. The van der Waals surface area contributed by atoms with Gasteiger partial charge in [0.15, 0.2) is 0 Å². The van der Waals surface area contributed by atoms with Crippen LogP contribution in [0.3, 0.4) is 0 Å². The maximum Gasteiger partial charge on any atom is 0.323 e. The Hall–Kier alpha value is -1.78. The van der Waals surface area contributed by atoms with Gasteiger partial charge in [0.2, 0.25) is 0 Å². The quantitative estimate of drug-likeness (QED) is 0.804. The number of aliphatic carboxylic acids is 1. The first-order valence-electron chi connectivity index (χ1n) is 5.65. The van der Waals surface area contributed by atoms with Crippen LogP contribution >= 0.6 is 0 Å². The van der Waals surface area contributed by atoms with Gasteiger partial charge < -0.3 is 15.0 Å². The van der Waals surface area contributed by atoms with Crippen LogP contribution < -0.4 is 5.32 Å². The number of nitrogens with zero attached hydrogens (tertiary/aromatic N) is 1. The number of nitrogens with one attached hydrogen (secondary N) is 1. The molecule has 0 atom stereocenters. The van der Waals surface area contributed by atoms with E-state index in [9.17, 15) is 9.59 Å². The van der Waals surface area contributed by atoms with Crippen molar-refractivity contribution >= 4 is 11.9 Å². The molecule has 0 aliphatic heterocycles. The molecule has 1 aromatic rings. The van der Waals surface area contributed by atoms with Gasteiger partial charge >= 0.3 is 5.97 Å². The fraction of sp³-hybridized carbons (Fsp3) is 0.500. The van der Waals surface area contributed by atoms with E-state index in [4.69, 9.17) is 5.11 Å². The molecule has 1 aliphatic rings. The van der Waals surface area contributed by atoms with Gasteiger partial charge in [0.1, 0.15) is 12.2 Å². The molecule has 0 spiro atoms. The topological polar surface area (TPSA) is 71.3 Å². The Morgan fingerprint density at radius 3 is 2.82 bits per heavy atom. The maximum absolute atomic E-state index is 11.9. The number of hydrogen-bond donors (Lipinski definition) is 2. The highest BCUT2D eigenvalue weighted by atomic mass is 16.4. The molecule has 1 heterocycles. The molecular weight excluding hydrogens is 220 g/mol. The minimum atomic E-state index is -0.954. The zero-order valence-corrected chi connectivity index (χ0v) is 9.77. The van der Waals surface area contributed by atoms with E-state index in [2.05, 4.69) is 12.2 Å². The fourth-order valence-electron chi connectivity index (χ4n) is 1.68. The third kappa shape index (κ3) is 2.87. The highest BCUT2D eigenvalue weighted by Gasteiger charge is 2.37. The maximum atomic E-state index is 11.9. The summed E-state index contributed by atoms with van der Waals surface area (Å²) in [5.41, 5.74) is 0.650. The lowest BCUT2D eigenvalue weighted by Crippen LogP contribution is -2.31. The van der Waals surface area contributed by atoms with Gasteiger partial charge in [0, 0.05) is 12.7 Å². The zero-order valence-electron chi connectivity index (χ0n) is 9.77. The SMILES string of the molecule is CC1(CNC(=O)c2cccn2CC(=O)O)CC1. The van der Waals surface area contributed by atoms with Crippen LogP contribution in [-0.4, -0.2) is 28.1 Å². The number of amides is 1. The molecule has 5 nitrogen and oxygen atoms in total. The van der Waals surface area contributed by atoms with Gasteiger partial charge in [-0.15, -0.1) is 0 Å². The van der Waals surface area contributed by atoms with Crippen molar-refractivity contribution in [3.63, 3.8) is 0 Å². The van der Waals surface area contributed by atoms with E-state index in [-0.39, 0.29) is 17.9 Å². The van der Waals surface area contributed by atoms with Crippen LogP contribution in [0.1, 0.15) is 30.3 Å². The molecule has 2 N–H and O–H groups in total. The number of carboxylic acids is 1. The average molecular weight is 236 g/mol. The van der Waals surface area contributed by atoms with Crippen molar-refractivity contribution in [2.45, 2.75) is 26.3 Å².